The Kier molecular flexibility index (Phi) is 4.73. The van der Waals surface area contributed by atoms with Crippen LogP contribution in [0.5, 0.6) is 0 Å². The largest absolute Gasteiger partial charge is 0.388 e. The molecule has 0 aliphatic rings. The van der Waals surface area contributed by atoms with Crippen molar-refractivity contribution in [3.63, 3.8) is 0 Å². The summed E-state index contributed by atoms with van der Waals surface area (Å²) in [5, 5.41) is 13.6. The summed E-state index contributed by atoms with van der Waals surface area (Å²) in [6.45, 7) is 2.14. The van der Waals surface area contributed by atoms with Gasteiger partial charge in [-0.15, -0.1) is 0 Å². The van der Waals surface area contributed by atoms with Gasteiger partial charge >= 0.3 is 0 Å². The molecule has 0 aromatic carbocycles. The lowest BCUT2D eigenvalue weighted by atomic mass is 10.1. The fourth-order valence-corrected chi connectivity index (χ4v) is 2.36. The van der Waals surface area contributed by atoms with Gasteiger partial charge in [-0.2, -0.15) is 23.1 Å². The van der Waals surface area contributed by atoms with Crippen LogP contribution >= 0.6 is 23.1 Å². The Hall–Kier alpha value is 0.01000. The molecule has 1 nitrogen and oxygen atoms in total. The van der Waals surface area contributed by atoms with Crippen molar-refractivity contribution in [2.75, 3.05) is 11.5 Å². The first-order valence-electron chi connectivity index (χ1n) is 4.12. The third-order valence-electron chi connectivity index (χ3n) is 1.67. The molecule has 1 unspecified atom stereocenters. The monoisotopic (exact) mass is 202 g/mol. The molecule has 1 atom stereocenters. The van der Waals surface area contributed by atoms with Crippen molar-refractivity contribution in [3.05, 3.63) is 22.4 Å². The Bertz CT molecular complexity index is 196. The summed E-state index contributed by atoms with van der Waals surface area (Å²) < 4.78 is 0. The summed E-state index contributed by atoms with van der Waals surface area (Å²) in [5.41, 5.74) is 1.07. The molecule has 1 heterocycles. The molecule has 12 heavy (non-hydrogen) atoms. The van der Waals surface area contributed by atoms with Gasteiger partial charge in [-0.1, -0.05) is 6.92 Å². The molecule has 1 rings (SSSR count). The van der Waals surface area contributed by atoms with Crippen molar-refractivity contribution >= 4 is 23.1 Å². The fraction of sp³-hybridized carbons (Fsp3) is 0.556. The van der Waals surface area contributed by atoms with Crippen LogP contribution in [0.15, 0.2) is 16.8 Å². The summed E-state index contributed by atoms with van der Waals surface area (Å²) in [5.74, 6) is 2.18. The Labute approximate surface area is 81.8 Å². The summed E-state index contributed by atoms with van der Waals surface area (Å²) in [4.78, 5) is 0. The standard InChI is InChI=1S/C9H14OS2/c1-2-11-6-4-9(10)8-3-5-12-7-8/h3,5,7,9-10H,2,4,6H2,1H3. The first kappa shape index (κ1) is 10.1. The van der Waals surface area contributed by atoms with Gasteiger partial charge in [0, 0.05) is 0 Å². The zero-order valence-corrected chi connectivity index (χ0v) is 8.83. The molecular weight excluding hydrogens is 188 g/mol. The first-order valence-corrected chi connectivity index (χ1v) is 6.22. The molecule has 0 saturated heterocycles. The lowest BCUT2D eigenvalue weighted by Crippen LogP contribution is -1.96. The Morgan fingerprint density at radius 1 is 1.67 bits per heavy atom. The molecule has 0 amide bonds. The van der Waals surface area contributed by atoms with Gasteiger partial charge < -0.3 is 5.11 Å². The molecule has 0 bridgehead atoms. The molecule has 0 saturated carbocycles. The molecule has 1 aromatic rings. The smallest absolute Gasteiger partial charge is 0.0805 e. The zero-order valence-electron chi connectivity index (χ0n) is 7.19. The number of aliphatic hydroxyl groups excluding tert-OH is 1. The topological polar surface area (TPSA) is 20.2 Å². The van der Waals surface area contributed by atoms with E-state index in [0.717, 1.165) is 23.5 Å². The van der Waals surface area contributed by atoms with Gasteiger partial charge in [-0.25, -0.2) is 0 Å². The van der Waals surface area contributed by atoms with Crippen molar-refractivity contribution in [1.29, 1.82) is 0 Å². The van der Waals surface area contributed by atoms with E-state index in [1.165, 1.54) is 0 Å². The van der Waals surface area contributed by atoms with Crippen LogP contribution in [0.25, 0.3) is 0 Å². The van der Waals surface area contributed by atoms with Crippen LogP contribution in [-0.4, -0.2) is 16.6 Å². The van der Waals surface area contributed by atoms with E-state index in [1.807, 2.05) is 28.6 Å². The Morgan fingerprint density at radius 3 is 3.08 bits per heavy atom. The number of thioether (sulfide) groups is 1. The Morgan fingerprint density at radius 2 is 2.50 bits per heavy atom. The molecule has 0 spiro atoms. The third-order valence-corrected chi connectivity index (χ3v) is 3.30. The second kappa shape index (κ2) is 5.62. The molecule has 0 aliphatic heterocycles. The maximum Gasteiger partial charge on any atom is 0.0805 e. The minimum Gasteiger partial charge on any atom is -0.388 e. The second-order valence-electron chi connectivity index (χ2n) is 2.56. The van der Waals surface area contributed by atoms with E-state index in [2.05, 4.69) is 6.92 Å². The third kappa shape index (κ3) is 3.17. The van der Waals surface area contributed by atoms with Crippen LogP contribution in [0.4, 0.5) is 0 Å². The molecule has 68 valence electrons. The summed E-state index contributed by atoms with van der Waals surface area (Å²) in [7, 11) is 0. The molecule has 1 N–H and O–H groups in total. The molecule has 0 fully saturated rings. The number of hydrogen-bond donors (Lipinski definition) is 1. The van der Waals surface area contributed by atoms with E-state index in [9.17, 15) is 5.11 Å². The number of thiophene rings is 1. The highest BCUT2D eigenvalue weighted by Crippen LogP contribution is 2.20. The summed E-state index contributed by atoms with van der Waals surface area (Å²) in [6.07, 6.45) is 0.616. The van der Waals surface area contributed by atoms with Gasteiger partial charge in [0.15, 0.2) is 0 Å². The lowest BCUT2D eigenvalue weighted by molar-refractivity contribution is 0.175. The van der Waals surface area contributed by atoms with E-state index in [-0.39, 0.29) is 6.10 Å². The molecule has 0 aliphatic carbocycles. The minimum absolute atomic E-state index is 0.254. The SMILES string of the molecule is CCSCCC(O)c1ccsc1. The lowest BCUT2D eigenvalue weighted by Gasteiger charge is -2.06. The maximum atomic E-state index is 9.63. The van der Waals surface area contributed by atoms with Crippen molar-refractivity contribution in [2.45, 2.75) is 19.4 Å². The van der Waals surface area contributed by atoms with Crippen molar-refractivity contribution < 1.29 is 5.11 Å². The highest BCUT2D eigenvalue weighted by Gasteiger charge is 2.06. The molecule has 0 radical (unpaired) electrons. The molecular formula is C9H14OS2. The zero-order chi connectivity index (χ0) is 8.81. The van der Waals surface area contributed by atoms with Crippen LogP contribution in [0.2, 0.25) is 0 Å². The predicted octanol–water partition coefficient (Wildman–Crippen LogP) is 2.92. The van der Waals surface area contributed by atoms with Crippen LogP contribution < -0.4 is 0 Å². The number of hydrogen-bond acceptors (Lipinski definition) is 3. The van der Waals surface area contributed by atoms with Crippen molar-refractivity contribution in [1.82, 2.24) is 0 Å². The van der Waals surface area contributed by atoms with E-state index in [4.69, 9.17) is 0 Å². The van der Waals surface area contributed by atoms with Gasteiger partial charge in [-0.05, 0) is 40.3 Å². The van der Waals surface area contributed by atoms with Crippen molar-refractivity contribution in [2.24, 2.45) is 0 Å². The normalized spacial score (nSPS) is 13.2. The van der Waals surface area contributed by atoms with E-state index in [1.54, 1.807) is 11.3 Å². The quantitative estimate of drug-likeness (QED) is 0.741. The van der Waals surface area contributed by atoms with E-state index >= 15 is 0 Å². The predicted molar refractivity (Wildman–Crippen MR) is 56.9 cm³/mol. The highest BCUT2D eigenvalue weighted by atomic mass is 32.2. The highest BCUT2D eigenvalue weighted by molar-refractivity contribution is 7.99. The average molecular weight is 202 g/mol. The number of aliphatic hydroxyl groups is 1. The van der Waals surface area contributed by atoms with Gasteiger partial charge in [0.25, 0.3) is 0 Å². The summed E-state index contributed by atoms with van der Waals surface area (Å²) >= 11 is 3.52. The fourth-order valence-electron chi connectivity index (χ4n) is 0.971. The van der Waals surface area contributed by atoms with Crippen LogP contribution in [0.3, 0.4) is 0 Å². The van der Waals surface area contributed by atoms with Crippen LogP contribution in [0.1, 0.15) is 25.0 Å². The van der Waals surface area contributed by atoms with E-state index < -0.39 is 0 Å². The minimum atomic E-state index is -0.254. The van der Waals surface area contributed by atoms with Gasteiger partial charge in [-0.3, -0.25) is 0 Å². The number of rotatable bonds is 5. The van der Waals surface area contributed by atoms with Crippen LogP contribution in [0, 0.1) is 0 Å². The van der Waals surface area contributed by atoms with Gasteiger partial charge in [0.1, 0.15) is 0 Å². The van der Waals surface area contributed by atoms with Gasteiger partial charge in [0.05, 0.1) is 6.10 Å². The Balaban J connectivity index is 2.25. The van der Waals surface area contributed by atoms with Crippen LogP contribution in [-0.2, 0) is 0 Å². The molecule has 3 heteroatoms. The van der Waals surface area contributed by atoms with Gasteiger partial charge in [0.2, 0.25) is 0 Å². The van der Waals surface area contributed by atoms with E-state index in [0.29, 0.717) is 0 Å². The maximum absolute atomic E-state index is 9.63. The first-order chi connectivity index (χ1) is 5.84. The second-order valence-corrected chi connectivity index (χ2v) is 4.73. The summed E-state index contributed by atoms with van der Waals surface area (Å²) in [6, 6.07) is 1.99. The van der Waals surface area contributed by atoms with Crippen molar-refractivity contribution in [3.8, 4) is 0 Å². The average Bonchev–Trinajstić information content (AvgIpc) is 2.56. The molecule has 1 aromatic heterocycles.